The van der Waals surface area contributed by atoms with Gasteiger partial charge in [0, 0.05) is 39.0 Å². The van der Waals surface area contributed by atoms with Crippen molar-refractivity contribution in [2.24, 2.45) is 4.99 Å². The van der Waals surface area contributed by atoms with E-state index < -0.39 is 11.9 Å². The summed E-state index contributed by atoms with van der Waals surface area (Å²) in [5.74, 6) is 0.578. The summed E-state index contributed by atoms with van der Waals surface area (Å²) in [5, 5.41) is 7.72. The lowest BCUT2D eigenvalue weighted by Crippen LogP contribution is -2.37. The third-order valence-electron chi connectivity index (χ3n) is 3.46. The number of nitrogens with zero attached hydrogens (tertiary/aromatic N) is 2. The van der Waals surface area contributed by atoms with Crippen molar-refractivity contribution in [1.29, 1.82) is 0 Å². The minimum atomic E-state index is -4.39. The molecule has 2 aromatic rings. The Labute approximate surface area is 177 Å². The summed E-state index contributed by atoms with van der Waals surface area (Å²) in [6.45, 7) is 1.56. The summed E-state index contributed by atoms with van der Waals surface area (Å²) in [5.41, 5.74) is 1.33. The Balaban J connectivity index is 0.00000364. The Hall–Kier alpha value is -1.40. The molecule has 2 rings (SSSR count). The van der Waals surface area contributed by atoms with Gasteiger partial charge >= 0.3 is 6.18 Å². The van der Waals surface area contributed by atoms with E-state index in [1.54, 1.807) is 14.2 Å². The van der Waals surface area contributed by atoms with Gasteiger partial charge in [-0.2, -0.15) is 13.2 Å². The SMILES string of the molecule is CN=C(NCCc1nc(C(F)(F)F)cs1)NCc1cccc(COC)c1.I. The fourth-order valence-electron chi connectivity index (χ4n) is 2.25. The molecule has 1 heterocycles. The highest BCUT2D eigenvalue weighted by molar-refractivity contribution is 14.0. The molecule has 2 N–H and O–H groups in total. The Kier molecular flexibility index (Phi) is 10.0. The number of rotatable bonds is 7. The number of aromatic nitrogens is 1. The van der Waals surface area contributed by atoms with Crippen LogP contribution in [0.5, 0.6) is 0 Å². The van der Waals surface area contributed by atoms with Crippen LogP contribution in [-0.4, -0.2) is 31.6 Å². The van der Waals surface area contributed by atoms with E-state index in [9.17, 15) is 13.2 Å². The molecule has 0 aliphatic rings. The smallest absolute Gasteiger partial charge is 0.380 e. The third-order valence-corrected chi connectivity index (χ3v) is 4.37. The van der Waals surface area contributed by atoms with E-state index in [0.717, 1.165) is 27.8 Å². The van der Waals surface area contributed by atoms with Gasteiger partial charge in [0.1, 0.15) is 0 Å². The Morgan fingerprint density at radius 3 is 2.63 bits per heavy atom. The molecule has 10 heteroatoms. The zero-order valence-electron chi connectivity index (χ0n) is 15.0. The standard InChI is InChI=1S/C17H21F3N4OS.HI/c1-21-16(23-9-12-4-3-5-13(8-12)10-25-2)22-7-6-15-24-14(11-26-15)17(18,19)20;/h3-5,8,11H,6-7,9-10H2,1-2H3,(H2,21,22,23);1H. The summed E-state index contributed by atoms with van der Waals surface area (Å²) in [6, 6.07) is 7.98. The molecule has 0 aliphatic heterocycles. The van der Waals surface area contributed by atoms with E-state index in [-0.39, 0.29) is 24.0 Å². The Bertz CT molecular complexity index is 737. The maximum atomic E-state index is 12.5. The van der Waals surface area contributed by atoms with E-state index in [2.05, 4.69) is 20.6 Å². The maximum Gasteiger partial charge on any atom is 0.434 e. The molecular weight excluding hydrogens is 492 g/mol. The summed E-state index contributed by atoms with van der Waals surface area (Å²) in [7, 11) is 3.29. The van der Waals surface area contributed by atoms with Crippen LogP contribution in [0.4, 0.5) is 13.2 Å². The van der Waals surface area contributed by atoms with Crippen LogP contribution in [0.3, 0.4) is 0 Å². The number of nitrogens with one attached hydrogen (secondary N) is 2. The minimum absolute atomic E-state index is 0. The second-order valence-corrected chi connectivity index (χ2v) is 6.42. The van der Waals surface area contributed by atoms with Crippen LogP contribution in [0.1, 0.15) is 21.8 Å². The molecule has 150 valence electrons. The number of alkyl halides is 3. The van der Waals surface area contributed by atoms with Crippen molar-refractivity contribution in [3.8, 4) is 0 Å². The number of aliphatic imine (C=N–C) groups is 1. The molecule has 0 aliphatic carbocycles. The van der Waals surface area contributed by atoms with Gasteiger partial charge in [-0.25, -0.2) is 4.98 Å². The number of methoxy groups -OCH3 is 1. The summed E-state index contributed by atoms with van der Waals surface area (Å²) in [6.07, 6.45) is -4.00. The summed E-state index contributed by atoms with van der Waals surface area (Å²) < 4.78 is 42.7. The average Bonchev–Trinajstić information content (AvgIpc) is 3.08. The first-order chi connectivity index (χ1) is 12.4. The molecule has 0 radical (unpaired) electrons. The monoisotopic (exact) mass is 514 g/mol. The van der Waals surface area contributed by atoms with Gasteiger partial charge in [0.2, 0.25) is 0 Å². The lowest BCUT2D eigenvalue weighted by atomic mass is 10.1. The zero-order valence-corrected chi connectivity index (χ0v) is 18.1. The highest BCUT2D eigenvalue weighted by Gasteiger charge is 2.33. The predicted octanol–water partition coefficient (Wildman–Crippen LogP) is 3.83. The van der Waals surface area contributed by atoms with Crippen molar-refractivity contribution in [2.75, 3.05) is 20.7 Å². The highest BCUT2D eigenvalue weighted by atomic mass is 127. The molecule has 27 heavy (non-hydrogen) atoms. The van der Waals surface area contributed by atoms with Crippen LogP contribution < -0.4 is 10.6 Å². The van der Waals surface area contributed by atoms with Gasteiger partial charge in [0.25, 0.3) is 0 Å². The molecule has 0 spiro atoms. The fraction of sp³-hybridized carbons (Fsp3) is 0.412. The van der Waals surface area contributed by atoms with Gasteiger partial charge in [0.15, 0.2) is 11.7 Å². The van der Waals surface area contributed by atoms with E-state index in [4.69, 9.17) is 4.74 Å². The van der Waals surface area contributed by atoms with Gasteiger partial charge in [-0.3, -0.25) is 4.99 Å². The van der Waals surface area contributed by atoms with Crippen LogP contribution in [0, 0.1) is 0 Å². The molecule has 0 atom stereocenters. The van der Waals surface area contributed by atoms with Gasteiger partial charge in [-0.1, -0.05) is 24.3 Å². The number of ether oxygens (including phenoxy) is 1. The molecule has 5 nitrogen and oxygen atoms in total. The van der Waals surface area contributed by atoms with Crippen molar-refractivity contribution in [3.63, 3.8) is 0 Å². The highest BCUT2D eigenvalue weighted by Crippen LogP contribution is 2.29. The number of thiazole rings is 1. The van der Waals surface area contributed by atoms with E-state index in [1.165, 1.54) is 0 Å². The number of halogens is 4. The molecule has 0 unspecified atom stereocenters. The third kappa shape index (κ3) is 8.01. The molecule has 0 amide bonds. The zero-order chi connectivity index (χ0) is 19.0. The predicted molar refractivity (Wildman–Crippen MR) is 112 cm³/mol. The number of benzene rings is 1. The van der Waals surface area contributed by atoms with E-state index in [1.807, 2.05) is 24.3 Å². The van der Waals surface area contributed by atoms with Crippen molar-refractivity contribution in [1.82, 2.24) is 15.6 Å². The van der Waals surface area contributed by atoms with Crippen LogP contribution in [0.25, 0.3) is 0 Å². The molecular formula is C17H22F3IN4OS. The fourth-order valence-corrected chi connectivity index (χ4v) is 3.05. The van der Waals surface area contributed by atoms with E-state index in [0.29, 0.717) is 37.1 Å². The lowest BCUT2D eigenvalue weighted by Gasteiger charge is -2.12. The molecule has 1 aromatic heterocycles. The molecule has 0 saturated carbocycles. The normalized spacial score (nSPS) is 11.8. The first-order valence-corrected chi connectivity index (χ1v) is 8.83. The van der Waals surface area contributed by atoms with Gasteiger partial charge in [-0.15, -0.1) is 35.3 Å². The number of hydrogen-bond acceptors (Lipinski definition) is 4. The maximum absolute atomic E-state index is 12.5. The Morgan fingerprint density at radius 1 is 1.26 bits per heavy atom. The number of hydrogen-bond donors (Lipinski definition) is 2. The van der Waals surface area contributed by atoms with Crippen molar-refractivity contribution < 1.29 is 17.9 Å². The van der Waals surface area contributed by atoms with Gasteiger partial charge < -0.3 is 15.4 Å². The van der Waals surface area contributed by atoms with Gasteiger partial charge in [0.05, 0.1) is 11.6 Å². The van der Waals surface area contributed by atoms with Crippen LogP contribution in [0.15, 0.2) is 34.6 Å². The first-order valence-electron chi connectivity index (χ1n) is 7.95. The van der Waals surface area contributed by atoms with Crippen LogP contribution in [-0.2, 0) is 30.5 Å². The second-order valence-electron chi connectivity index (χ2n) is 5.48. The van der Waals surface area contributed by atoms with Crippen molar-refractivity contribution >= 4 is 41.3 Å². The molecule has 0 fully saturated rings. The lowest BCUT2D eigenvalue weighted by molar-refractivity contribution is -0.140. The summed E-state index contributed by atoms with van der Waals surface area (Å²) in [4.78, 5) is 7.72. The molecule has 0 bridgehead atoms. The largest absolute Gasteiger partial charge is 0.434 e. The molecule has 1 aromatic carbocycles. The van der Waals surface area contributed by atoms with Gasteiger partial charge in [-0.05, 0) is 11.1 Å². The molecule has 0 saturated heterocycles. The topological polar surface area (TPSA) is 58.5 Å². The average molecular weight is 514 g/mol. The quantitative estimate of drug-likeness (QED) is 0.335. The van der Waals surface area contributed by atoms with Crippen molar-refractivity contribution in [2.45, 2.75) is 25.7 Å². The minimum Gasteiger partial charge on any atom is -0.380 e. The summed E-state index contributed by atoms with van der Waals surface area (Å²) >= 11 is 1.01. The van der Waals surface area contributed by atoms with Crippen LogP contribution >= 0.6 is 35.3 Å². The van der Waals surface area contributed by atoms with Crippen molar-refractivity contribution in [3.05, 3.63) is 51.5 Å². The van der Waals surface area contributed by atoms with E-state index >= 15 is 0 Å². The first kappa shape index (κ1) is 23.6. The Morgan fingerprint density at radius 2 is 2.00 bits per heavy atom. The van der Waals surface area contributed by atoms with Crippen LogP contribution in [0.2, 0.25) is 0 Å². The number of guanidine groups is 1. The second kappa shape index (κ2) is 11.4.